The molecule has 3 aromatic carbocycles. The van der Waals surface area contributed by atoms with Gasteiger partial charge < -0.3 is 24.3 Å². The number of esters is 1. The third kappa shape index (κ3) is 5.34. The van der Waals surface area contributed by atoms with Crippen LogP contribution in [0.15, 0.2) is 66.7 Å². The SMILES string of the molecule is COc1cc(-c2cc(C(=O)OCC(=O)Nc3ccc(Cl)cc3)c3ccccc3n2)cc(OC)c1OC. The Morgan fingerprint density at radius 3 is 2.19 bits per heavy atom. The Bertz CT molecular complexity index is 1400. The van der Waals surface area contributed by atoms with E-state index in [-0.39, 0.29) is 5.56 Å². The van der Waals surface area contributed by atoms with Crippen LogP contribution in [0, 0.1) is 0 Å². The van der Waals surface area contributed by atoms with Crippen LogP contribution < -0.4 is 19.5 Å². The summed E-state index contributed by atoms with van der Waals surface area (Å²) in [6.07, 6.45) is 0. The Labute approximate surface area is 212 Å². The molecular formula is C27H23ClN2O6. The molecular weight excluding hydrogens is 484 g/mol. The molecule has 0 aliphatic carbocycles. The zero-order valence-electron chi connectivity index (χ0n) is 19.8. The molecule has 0 bridgehead atoms. The van der Waals surface area contributed by atoms with Gasteiger partial charge in [0.2, 0.25) is 5.75 Å². The van der Waals surface area contributed by atoms with Gasteiger partial charge in [-0.25, -0.2) is 9.78 Å². The first kappa shape index (κ1) is 24.8. The van der Waals surface area contributed by atoms with Crippen LogP contribution in [0.5, 0.6) is 17.2 Å². The Morgan fingerprint density at radius 1 is 0.889 bits per heavy atom. The molecule has 0 aliphatic rings. The molecule has 0 unspecified atom stereocenters. The molecule has 0 atom stereocenters. The van der Waals surface area contributed by atoms with Gasteiger partial charge in [0.25, 0.3) is 5.91 Å². The second kappa shape index (κ2) is 11.0. The lowest BCUT2D eigenvalue weighted by Crippen LogP contribution is -2.21. The quantitative estimate of drug-likeness (QED) is 0.321. The number of anilines is 1. The highest BCUT2D eigenvalue weighted by Gasteiger charge is 2.19. The molecule has 1 heterocycles. The van der Waals surface area contributed by atoms with E-state index in [2.05, 4.69) is 5.32 Å². The molecule has 184 valence electrons. The maximum absolute atomic E-state index is 13.1. The summed E-state index contributed by atoms with van der Waals surface area (Å²) in [6, 6.07) is 18.9. The molecule has 0 fully saturated rings. The van der Waals surface area contributed by atoms with Crippen LogP contribution in [0.25, 0.3) is 22.2 Å². The number of methoxy groups -OCH3 is 3. The summed E-state index contributed by atoms with van der Waals surface area (Å²) in [7, 11) is 4.56. The van der Waals surface area contributed by atoms with E-state index in [9.17, 15) is 9.59 Å². The van der Waals surface area contributed by atoms with Crippen molar-refractivity contribution in [1.82, 2.24) is 4.98 Å². The molecule has 8 nitrogen and oxygen atoms in total. The number of fused-ring (bicyclic) bond motifs is 1. The summed E-state index contributed by atoms with van der Waals surface area (Å²) in [5.41, 5.74) is 2.53. The standard InChI is InChI=1S/C27H23ClN2O6/c1-33-23-12-16(13-24(34-2)26(23)35-3)22-14-20(19-6-4-5-7-21(19)30-22)27(32)36-15-25(31)29-18-10-8-17(28)9-11-18/h4-14H,15H2,1-3H3,(H,29,31). The Morgan fingerprint density at radius 2 is 1.56 bits per heavy atom. The van der Waals surface area contributed by atoms with Crippen LogP contribution in [-0.4, -0.2) is 44.8 Å². The number of carbonyl (C=O) groups is 2. The zero-order valence-corrected chi connectivity index (χ0v) is 20.6. The molecule has 4 rings (SSSR count). The first-order valence-electron chi connectivity index (χ1n) is 10.9. The van der Waals surface area contributed by atoms with Crippen molar-refractivity contribution in [1.29, 1.82) is 0 Å². The second-order valence-electron chi connectivity index (χ2n) is 7.62. The Balaban J connectivity index is 1.64. The van der Waals surface area contributed by atoms with Crippen LogP contribution in [0.2, 0.25) is 5.02 Å². The molecule has 4 aromatic rings. The van der Waals surface area contributed by atoms with Crippen LogP contribution in [0.4, 0.5) is 5.69 Å². The minimum absolute atomic E-state index is 0.267. The van der Waals surface area contributed by atoms with Crippen molar-refractivity contribution >= 4 is 40.1 Å². The van der Waals surface area contributed by atoms with Crippen molar-refractivity contribution in [3.8, 4) is 28.5 Å². The molecule has 1 amide bonds. The largest absolute Gasteiger partial charge is 0.493 e. The van der Waals surface area contributed by atoms with Crippen LogP contribution in [0.3, 0.4) is 0 Å². The van der Waals surface area contributed by atoms with E-state index in [1.165, 1.54) is 21.3 Å². The van der Waals surface area contributed by atoms with E-state index in [1.807, 2.05) is 6.07 Å². The number of rotatable bonds is 8. The summed E-state index contributed by atoms with van der Waals surface area (Å²) in [4.78, 5) is 30.1. The van der Waals surface area contributed by atoms with Crippen molar-refractivity contribution in [2.24, 2.45) is 0 Å². The predicted molar refractivity (Wildman–Crippen MR) is 137 cm³/mol. The van der Waals surface area contributed by atoms with Gasteiger partial charge in [0.15, 0.2) is 18.1 Å². The fourth-order valence-electron chi connectivity index (χ4n) is 3.66. The van der Waals surface area contributed by atoms with Gasteiger partial charge in [0.1, 0.15) is 0 Å². The van der Waals surface area contributed by atoms with Gasteiger partial charge in [-0.1, -0.05) is 29.8 Å². The van der Waals surface area contributed by atoms with E-state index in [1.54, 1.807) is 60.7 Å². The topological polar surface area (TPSA) is 96.0 Å². The van der Waals surface area contributed by atoms with Gasteiger partial charge in [-0.05, 0) is 48.5 Å². The van der Waals surface area contributed by atoms with Crippen molar-refractivity contribution in [3.63, 3.8) is 0 Å². The fourth-order valence-corrected chi connectivity index (χ4v) is 3.79. The minimum Gasteiger partial charge on any atom is -0.493 e. The van der Waals surface area contributed by atoms with Gasteiger partial charge in [-0.2, -0.15) is 0 Å². The summed E-state index contributed by atoms with van der Waals surface area (Å²) in [6.45, 7) is -0.461. The van der Waals surface area contributed by atoms with E-state index in [4.69, 9.17) is 35.5 Å². The van der Waals surface area contributed by atoms with Gasteiger partial charge in [-0.3, -0.25) is 4.79 Å². The third-order valence-corrected chi connectivity index (χ3v) is 5.61. The van der Waals surface area contributed by atoms with Crippen LogP contribution >= 0.6 is 11.6 Å². The molecule has 1 aromatic heterocycles. The average Bonchev–Trinajstić information content (AvgIpc) is 2.91. The first-order chi connectivity index (χ1) is 17.4. The number of carbonyl (C=O) groups excluding carboxylic acids is 2. The number of para-hydroxylation sites is 1. The molecule has 0 aliphatic heterocycles. The second-order valence-corrected chi connectivity index (χ2v) is 8.05. The zero-order chi connectivity index (χ0) is 25.7. The first-order valence-corrected chi connectivity index (χ1v) is 11.2. The minimum atomic E-state index is -0.659. The number of hydrogen-bond acceptors (Lipinski definition) is 7. The number of benzene rings is 3. The van der Waals surface area contributed by atoms with Crippen LogP contribution in [-0.2, 0) is 9.53 Å². The normalized spacial score (nSPS) is 10.6. The lowest BCUT2D eigenvalue weighted by molar-refractivity contribution is -0.119. The predicted octanol–water partition coefficient (Wildman–Crippen LogP) is 5.38. The van der Waals surface area contributed by atoms with E-state index in [0.717, 1.165) is 0 Å². The molecule has 0 saturated heterocycles. The van der Waals surface area contributed by atoms with Crippen molar-refractivity contribution in [3.05, 3.63) is 77.3 Å². The number of amides is 1. The van der Waals surface area contributed by atoms with Crippen molar-refractivity contribution in [2.45, 2.75) is 0 Å². The number of halogens is 1. The molecule has 0 saturated carbocycles. The smallest absolute Gasteiger partial charge is 0.339 e. The average molecular weight is 507 g/mol. The molecule has 9 heteroatoms. The van der Waals surface area contributed by atoms with Gasteiger partial charge >= 0.3 is 5.97 Å². The number of nitrogens with zero attached hydrogens (tertiary/aromatic N) is 1. The highest BCUT2D eigenvalue weighted by Crippen LogP contribution is 2.41. The molecule has 36 heavy (non-hydrogen) atoms. The number of aromatic nitrogens is 1. The molecule has 1 N–H and O–H groups in total. The van der Waals surface area contributed by atoms with E-state index < -0.39 is 18.5 Å². The van der Waals surface area contributed by atoms with E-state index >= 15 is 0 Å². The summed E-state index contributed by atoms with van der Waals surface area (Å²) in [5.74, 6) is 0.202. The van der Waals surface area contributed by atoms with Gasteiger partial charge in [0, 0.05) is 21.7 Å². The van der Waals surface area contributed by atoms with Crippen molar-refractivity contribution < 1.29 is 28.5 Å². The Hall–Kier alpha value is -4.30. The number of pyridine rings is 1. The van der Waals surface area contributed by atoms with Gasteiger partial charge in [-0.15, -0.1) is 0 Å². The summed E-state index contributed by atoms with van der Waals surface area (Å²) >= 11 is 5.87. The number of hydrogen-bond donors (Lipinski definition) is 1. The molecule has 0 radical (unpaired) electrons. The lowest BCUT2D eigenvalue weighted by atomic mass is 10.0. The van der Waals surface area contributed by atoms with Crippen LogP contribution in [0.1, 0.15) is 10.4 Å². The Kier molecular flexibility index (Phi) is 7.56. The number of ether oxygens (including phenoxy) is 4. The maximum Gasteiger partial charge on any atom is 0.339 e. The van der Waals surface area contributed by atoms with E-state index in [0.29, 0.717) is 50.1 Å². The lowest BCUT2D eigenvalue weighted by Gasteiger charge is -2.15. The monoisotopic (exact) mass is 506 g/mol. The fraction of sp³-hybridized carbons (Fsp3) is 0.148. The number of nitrogens with one attached hydrogen (secondary N) is 1. The van der Waals surface area contributed by atoms with Gasteiger partial charge in [0.05, 0.1) is 38.1 Å². The van der Waals surface area contributed by atoms with Crippen molar-refractivity contribution in [2.75, 3.05) is 33.3 Å². The summed E-state index contributed by atoms with van der Waals surface area (Å²) < 4.78 is 21.6. The summed E-state index contributed by atoms with van der Waals surface area (Å²) in [5, 5.41) is 3.80. The highest BCUT2D eigenvalue weighted by atomic mass is 35.5. The molecule has 0 spiro atoms. The highest BCUT2D eigenvalue weighted by molar-refractivity contribution is 6.30. The third-order valence-electron chi connectivity index (χ3n) is 5.36. The maximum atomic E-state index is 13.1.